The molecule has 2 N–H and O–H groups in total. The lowest BCUT2D eigenvalue weighted by Crippen LogP contribution is -2.33. The molecule has 0 bridgehead atoms. The maximum atomic E-state index is 11.6. The number of carbonyl (C=O) groups is 1. The van der Waals surface area contributed by atoms with Crippen LogP contribution in [0.5, 0.6) is 0 Å². The standard InChI is InChI=1S/C13H18BrNO2S/c1-10(6-8-16)15-13(17)7-9-18-12-4-2-11(14)3-5-12/h2-5,10,16H,6-9H2,1H3,(H,15,17). The molecular formula is C13H18BrNO2S. The fourth-order valence-electron chi connectivity index (χ4n) is 1.41. The van der Waals surface area contributed by atoms with Crippen molar-refractivity contribution in [2.24, 2.45) is 0 Å². The predicted octanol–water partition coefficient (Wildman–Crippen LogP) is 2.82. The molecule has 0 radical (unpaired) electrons. The van der Waals surface area contributed by atoms with Gasteiger partial charge in [0, 0.05) is 34.2 Å². The van der Waals surface area contributed by atoms with Crippen LogP contribution in [0.1, 0.15) is 19.8 Å². The molecule has 0 fully saturated rings. The van der Waals surface area contributed by atoms with Gasteiger partial charge in [0.25, 0.3) is 0 Å². The van der Waals surface area contributed by atoms with Crippen LogP contribution in [0, 0.1) is 0 Å². The minimum absolute atomic E-state index is 0.0418. The van der Waals surface area contributed by atoms with Crippen LogP contribution < -0.4 is 5.32 Å². The van der Waals surface area contributed by atoms with E-state index in [4.69, 9.17) is 5.11 Å². The molecule has 1 rings (SSSR count). The highest BCUT2D eigenvalue weighted by Gasteiger charge is 2.06. The van der Waals surface area contributed by atoms with Gasteiger partial charge in [0.15, 0.2) is 0 Å². The number of benzene rings is 1. The van der Waals surface area contributed by atoms with Gasteiger partial charge >= 0.3 is 0 Å². The fraction of sp³-hybridized carbons (Fsp3) is 0.462. The number of hydrogen-bond acceptors (Lipinski definition) is 3. The van der Waals surface area contributed by atoms with Crippen LogP contribution in [0.15, 0.2) is 33.6 Å². The number of thioether (sulfide) groups is 1. The highest BCUT2D eigenvalue weighted by atomic mass is 79.9. The quantitative estimate of drug-likeness (QED) is 0.755. The zero-order valence-corrected chi connectivity index (χ0v) is 12.8. The maximum Gasteiger partial charge on any atom is 0.221 e. The molecule has 100 valence electrons. The number of carbonyl (C=O) groups excluding carboxylic acids is 1. The maximum absolute atomic E-state index is 11.6. The van der Waals surface area contributed by atoms with Gasteiger partial charge in [0.2, 0.25) is 5.91 Å². The molecule has 0 aliphatic heterocycles. The second kappa shape index (κ2) is 8.56. The topological polar surface area (TPSA) is 49.3 Å². The van der Waals surface area contributed by atoms with Crippen molar-refractivity contribution in [2.75, 3.05) is 12.4 Å². The lowest BCUT2D eigenvalue weighted by atomic mass is 10.2. The van der Waals surface area contributed by atoms with Gasteiger partial charge in [-0.2, -0.15) is 0 Å². The first-order chi connectivity index (χ1) is 8.61. The summed E-state index contributed by atoms with van der Waals surface area (Å²) in [6.45, 7) is 2.01. The van der Waals surface area contributed by atoms with E-state index in [-0.39, 0.29) is 18.6 Å². The second-order valence-electron chi connectivity index (χ2n) is 4.03. The molecule has 1 aromatic rings. The average molecular weight is 332 g/mol. The van der Waals surface area contributed by atoms with E-state index in [1.54, 1.807) is 11.8 Å². The van der Waals surface area contributed by atoms with E-state index < -0.39 is 0 Å². The van der Waals surface area contributed by atoms with Crippen molar-refractivity contribution in [1.29, 1.82) is 0 Å². The molecule has 0 saturated heterocycles. The molecule has 1 aromatic carbocycles. The molecule has 0 spiro atoms. The summed E-state index contributed by atoms with van der Waals surface area (Å²) >= 11 is 5.05. The Morgan fingerprint density at radius 3 is 2.72 bits per heavy atom. The summed E-state index contributed by atoms with van der Waals surface area (Å²) < 4.78 is 1.06. The smallest absolute Gasteiger partial charge is 0.221 e. The van der Waals surface area contributed by atoms with E-state index in [1.165, 1.54) is 0 Å². The number of aliphatic hydroxyl groups is 1. The molecule has 0 heterocycles. The molecular weight excluding hydrogens is 314 g/mol. The van der Waals surface area contributed by atoms with Crippen molar-refractivity contribution in [3.8, 4) is 0 Å². The molecule has 5 heteroatoms. The van der Waals surface area contributed by atoms with Crippen LogP contribution in [0.4, 0.5) is 0 Å². The van der Waals surface area contributed by atoms with Crippen LogP contribution >= 0.6 is 27.7 Å². The predicted molar refractivity (Wildman–Crippen MR) is 78.8 cm³/mol. The normalized spacial score (nSPS) is 12.2. The van der Waals surface area contributed by atoms with Crippen molar-refractivity contribution in [2.45, 2.75) is 30.7 Å². The Morgan fingerprint density at radius 1 is 1.44 bits per heavy atom. The van der Waals surface area contributed by atoms with Crippen molar-refractivity contribution in [1.82, 2.24) is 5.32 Å². The Kier molecular flexibility index (Phi) is 7.39. The summed E-state index contributed by atoms with van der Waals surface area (Å²) in [5.41, 5.74) is 0. The van der Waals surface area contributed by atoms with Crippen molar-refractivity contribution >= 4 is 33.6 Å². The van der Waals surface area contributed by atoms with E-state index in [2.05, 4.69) is 21.2 Å². The molecule has 18 heavy (non-hydrogen) atoms. The van der Waals surface area contributed by atoms with Gasteiger partial charge in [-0.15, -0.1) is 11.8 Å². The fourth-order valence-corrected chi connectivity index (χ4v) is 2.52. The highest BCUT2D eigenvalue weighted by Crippen LogP contribution is 2.21. The molecule has 1 amide bonds. The van der Waals surface area contributed by atoms with Crippen molar-refractivity contribution in [3.63, 3.8) is 0 Å². The highest BCUT2D eigenvalue weighted by molar-refractivity contribution is 9.10. The summed E-state index contributed by atoms with van der Waals surface area (Å²) in [6, 6.07) is 8.08. The van der Waals surface area contributed by atoms with Gasteiger partial charge in [-0.1, -0.05) is 15.9 Å². The van der Waals surface area contributed by atoms with E-state index in [9.17, 15) is 4.79 Å². The van der Waals surface area contributed by atoms with Gasteiger partial charge in [-0.3, -0.25) is 4.79 Å². The zero-order chi connectivity index (χ0) is 13.4. The number of hydrogen-bond donors (Lipinski definition) is 2. The van der Waals surface area contributed by atoms with E-state index in [1.807, 2.05) is 31.2 Å². The zero-order valence-electron chi connectivity index (χ0n) is 10.4. The third kappa shape index (κ3) is 6.42. The monoisotopic (exact) mass is 331 g/mol. The first-order valence-corrected chi connectivity index (χ1v) is 7.68. The SMILES string of the molecule is CC(CCO)NC(=O)CCSc1ccc(Br)cc1. The number of amides is 1. The Bertz CT molecular complexity index is 370. The van der Waals surface area contributed by atoms with Crippen LogP contribution in [-0.2, 0) is 4.79 Å². The van der Waals surface area contributed by atoms with Crippen LogP contribution in [-0.4, -0.2) is 29.4 Å². The first-order valence-electron chi connectivity index (χ1n) is 5.90. The molecule has 3 nitrogen and oxygen atoms in total. The molecule has 0 aliphatic carbocycles. The molecule has 1 atom stereocenters. The summed E-state index contributed by atoms with van der Waals surface area (Å²) in [5, 5.41) is 11.6. The summed E-state index contributed by atoms with van der Waals surface area (Å²) in [4.78, 5) is 12.7. The molecule has 0 aliphatic rings. The minimum atomic E-state index is 0.0418. The van der Waals surface area contributed by atoms with E-state index in [0.29, 0.717) is 12.8 Å². The largest absolute Gasteiger partial charge is 0.396 e. The Balaban J connectivity index is 2.21. The van der Waals surface area contributed by atoms with Gasteiger partial charge < -0.3 is 10.4 Å². The van der Waals surface area contributed by atoms with E-state index in [0.717, 1.165) is 15.1 Å². The van der Waals surface area contributed by atoms with E-state index >= 15 is 0 Å². The van der Waals surface area contributed by atoms with Crippen molar-refractivity contribution < 1.29 is 9.90 Å². The molecule has 1 unspecified atom stereocenters. The molecule has 0 aromatic heterocycles. The first kappa shape index (κ1) is 15.5. The van der Waals surface area contributed by atoms with Crippen molar-refractivity contribution in [3.05, 3.63) is 28.7 Å². The second-order valence-corrected chi connectivity index (χ2v) is 6.12. The Labute approximate surface area is 120 Å². The number of aliphatic hydroxyl groups excluding tert-OH is 1. The van der Waals surface area contributed by atoms with Gasteiger partial charge in [-0.05, 0) is 37.6 Å². The van der Waals surface area contributed by atoms with Gasteiger partial charge in [-0.25, -0.2) is 0 Å². The summed E-state index contributed by atoms with van der Waals surface area (Å²) in [6.07, 6.45) is 1.10. The Morgan fingerprint density at radius 2 is 2.11 bits per heavy atom. The minimum Gasteiger partial charge on any atom is -0.396 e. The number of rotatable bonds is 7. The average Bonchev–Trinajstić information content (AvgIpc) is 2.32. The van der Waals surface area contributed by atoms with Crippen LogP contribution in [0.3, 0.4) is 0 Å². The lowest BCUT2D eigenvalue weighted by Gasteiger charge is -2.12. The Hall–Kier alpha value is -0.520. The summed E-state index contributed by atoms with van der Waals surface area (Å²) in [7, 11) is 0. The molecule has 0 saturated carbocycles. The van der Waals surface area contributed by atoms with Gasteiger partial charge in [0.1, 0.15) is 0 Å². The summed E-state index contributed by atoms with van der Waals surface area (Å²) in [5.74, 6) is 0.805. The van der Waals surface area contributed by atoms with Gasteiger partial charge in [0.05, 0.1) is 0 Å². The number of halogens is 1. The lowest BCUT2D eigenvalue weighted by molar-refractivity contribution is -0.121. The third-order valence-corrected chi connectivity index (χ3v) is 3.92. The van der Waals surface area contributed by atoms with Crippen LogP contribution in [0.2, 0.25) is 0 Å². The van der Waals surface area contributed by atoms with Crippen LogP contribution in [0.25, 0.3) is 0 Å². The number of nitrogens with one attached hydrogen (secondary N) is 1. The third-order valence-electron chi connectivity index (χ3n) is 2.38.